The van der Waals surface area contributed by atoms with Crippen LogP contribution in [0.15, 0.2) is 59.1 Å². The summed E-state index contributed by atoms with van der Waals surface area (Å²) in [4.78, 5) is 15.2. The maximum Gasteiger partial charge on any atom is 0.306 e. The van der Waals surface area contributed by atoms with Crippen LogP contribution < -0.4 is 0 Å². The normalized spacial score (nSPS) is 11.0. The monoisotopic (exact) mass is 381 g/mol. The molecule has 0 saturated carbocycles. The first-order valence-electron chi connectivity index (χ1n) is 8.48. The second-order valence-corrected chi connectivity index (χ2v) is 6.41. The predicted molar refractivity (Wildman–Crippen MR) is 101 cm³/mol. The summed E-state index contributed by atoms with van der Waals surface area (Å²) >= 11 is 6.11. The molecule has 7 heteroatoms. The molecule has 0 saturated heterocycles. The number of ether oxygens (including phenoxy) is 1. The van der Waals surface area contributed by atoms with Crippen LogP contribution in [0.2, 0.25) is 5.02 Å². The number of hydrogen-bond acceptors (Lipinski definition) is 5. The third-order valence-electron chi connectivity index (χ3n) is 4.20. The minimum absolute atomic E-state index is 0.0653. The molecule has 0 unspecified atom stereocenters. The van der Waals surface area contributed by atoms with Gasteiger partial charge in [-0.05, 0) is 30.2 Å². The van der Waals surface area contributed by atoms with Crippen LogP contribution in [0.25, 0.3) is 22.4 Å². The number of para-hydroxylation sites is 1. The first-order chi connectivity index (χ1) is 13.2. The Morgan fingerprint density at radius 3 is 2.81 bits per heavy atom. The van der Waals surface area contributed by atoms with Gasteiger partial charge in [0.2, 0.25) is 5.89 Å². The second kappa shape index (κ2) is 7.63. The number of benzene rings is 2. The van der Waals surface area contributed by atoms with Gasteiger partial charge in [-0.1, -0.05) is 41.9 Å². The summed E-state index contributed by atoms with van der Waals surface area (Å²) in [6.45, 7) is -0.0653. The highest BCUT2D eigenvalue weighted by Gasteiger charge is 2.13. The van der Waals surface area contributed by atoms with E-state index >= 15 is 0 Å². The van der Waals surface area contributed by atoms with Crippen molar-refractivity contribution in [3.05, 3.63) is 71.2 Å². The molecule has 2 aromatic carbocycles. The lowest BCUT2D eigenvalue weighted by Gasteiger charge is -2.02. The van der Waals surface area contributed by atoms with Gasteiger partial charge in [-0.25, -0.2) is 0 Å². The lowest BCUT2D eigenvalue weighted by Crippen LogP contribution is -2.06. The number of carbonyl (C=O) groups excluding carboxylic acids is 1. The molecule has 0 aliphatic carbocycles. The van der Waals surface area contributed by atoms with Crippen molar-refractivity contribution >= 4 is 28.5 Å². The number of aryl methyl sites for hydroxylation is 1. The molecule has 2 aromatic heterocycles. The van der Waals surface area contributed by atoms with Crippen LogP contribution in [0, 0.1) is 0 Å². The molecule has 0 bridgehead atoms. The van der Waals surface area contributed by atoms with E-state index in [-0.39, 0.29) is 24.9 Å². The number of H-pyrrole nitrogens is 1. The van der Waals surface area contributed by atoms with Crippen LogP contribution in [0.5, 0.6) is 0 Å². The predicted octanol–water partition coefficient (Wildman–Crippen LogP) is 4.55. The Morgan fingerprint density at radius 2 is 1.93 bits per heavy atom. The van der Waals surface area contributed by atoms with Crippen molar-refractivity contribution in [2.45, 2.75) is 19.4 Å². The molecule has 0 amide bonds. The number of aromatic amines is 1. The molecule has 4 aromatic rings. The van der Waals surface area contributed by atoms with Gasteiger partial charge in [0.25, 0.3) is 5.89 Å². The third kappa shape index (κ3) is 3.85. The van der Waals surface area contributed by atoms with Crippen LogP contribution in [-0.4, -0.2) is 21.2 Å². The van der Waals surface area contributed by atoms with E-state index in [0.717, 1.165) is 16.5 Å². The molecule has 0 aliphatic heterocycles. The lowest BCUT2D eigenvalue weighted by molar-refractivity contribution is -0.145. The molecular weight excluding hydrogens is 366 g/mol. The Kier molecular flexibility index (Phi) is 4.89. The lowest BCUT2D eigenvalue weighted by atomic mass is 10.1. The number of carbonyl (C=O) groups is 1. The quantitative estimate of drug-likeness (QED) is 0.495. The SMILES string of the molecule is O=C(CCc1c[nH]c2ccccc12)OCc1nnc(-c2ccccc2Cl)o1. The van der Waals surface area contributed by atoms with E-state index in [2.05, 4.69) is 15.2 Å². The zero-order valence-electron chi connectivity index (χ0n) is 14.3. The minimum Gasteiger partial charge on any atom is -0.456 e. The van der Waals surface area contributed by atoms with E-state index in [1.54, 1.807) is 12.1 Å². The fourth-order valence-electron chi connectivity index (χ4n) is 2.85. The third-order valence-corrected chi connectivity index (χ3v) is 4.53. The summed E-state index contributed by atoms with van der Waals surface area (Å²) in [6, 6.07) is 15.2. The van der Waals surface area contributed by atoms with E-state index < -0.39 is 0 Å². The van der Waals surface area contributed by atoms with E-state index in [0.29, 0.717) is 22.9 Å². The topological polar surface area (TPSA) is 81.0 Å². The number of esters is 1. The van der Waals surface area contributed by atoms with Crippen molar-refractivity contribution in [2.75, 3.05) is 0 Å². The highest BCUT2D eigenvalue weighted by molar-refractivity contribution is 6.33. The van der Waals surface area contributed by atoms with Crippen LogP contribution in [-0.2, 0) is 22.6 Å². The Balaban J connectivity index is 1.33. The fraction of sp³-hybridized carbons (Fsp3) is 0.150. The van der Waals surface area contributed by atoms with E-state index in [9.17, 15) is 4.79 Å². The summed E-state index contributed by atoms with van der Waals surface area (Å²) in [5.41, 5.74) is 2.78. The van der Waals surface area contributed by atoms with Crippen molar-refractivity contribution in [1.82, 2.24) is 15.2 Å². The minimum atomic E-state index is -0.322. The van der Waals surface area contributed by atoms with Gasteiger partial charge in [-0.3, -0.25) is 4.79 Å². The number of hydrogen-bond donors (Lipinski definition) is 1. The molecule has 0 fully saturated rings. The van der Waals surface area contributed by atoms with E-state index in [4.69, 9.17) is 20.8 Å². The van der Waals surface area contributed by atoms with Crippen molar-refractivity contribution in [2.24, 2.45) is 0 Å². The highest BCUT2D eigenvalue weighted by atomic mass is 35.5. The van der Waals surface area contributed by atoms with Crippen molar-refractivity contribution in [3.63, 3.8) is 0 Å². The molecule has 6 nitrogen and oxygen atoms in total. The summed E-state index contributed by atoms with van der Waals surface area (Å²) in [7, 11) is 0. The van der Waals surface area contributed by atoms with Gasteiger partial charge in [-0.2, -0.15) is 0 Å². The standard InChI is InChI=1S/C20H16ClN3O3/c21-16-7-3-1-6-15(16)20-24-23-18(27-20)12-26-19(25)10-9-13-11-22-17-8-4-2-5-14(13)17/h1-8,11,22H,9-10,12H2. The molecule has 1 N–H and O–H groups in total. The zero-order chi connectivity index (χ0) is 18.6. The molecule has 4 rings (SSSR count). The van der Waals surface area contributed by atoms with Gasteiger partial charge < -0.3 is 14.1 Å². The molecule has 0 aliphatic rings. The number of fused-ring (bicyclic) bond motifs is 1. The molecule has 0 spiro atoms. The summed E-state index contributed by atoms with van der Waals surface area (Å²) < 4.78 is 10.8. The average Bonchev–Trinajstić information content (AvgIpc) is 3.32. The summed E-state index contributed by atoms with van der Waals surface area (Å²) in [5, 5.41) is 9.48. The maximum atomic E-state index is 12.0. The van der Waals surface area contributed by atoms with Crippen LogP contribution in [0.4, 0.5) is 0 Å². The van der Waals surface area contributed by atoms with E-state index in [1.165, 1.54) is 0 Å². The number of aromatic nitrogens is 3. The molecule has 2 heterocycles. The van der Waals surface area contributed by atoms with Crippen LogP contribution >= 0.6 is 11.6 Å². The molecule has 0 atom stereocenters. The van der Waals surface area contributed by atoms with Gasteiger partial charge in [0.05, 0.1) is 10.6 Å². The van der Waals surface area contributed by atoms with E-state index in [1.807, 2.05) is 42.6 Å². The highest BCUT2D eigenvalue weighted by Crippen LogP contribution is 2.26. The Bertz CT molecular complexity index is 1090. The molecule has 136 valence electrons. The Labute approximate surface area is 160 Å². The smallest absolute Gasteiger partial charge is 0.306 e. The maximum absolute atomic E-state index is 12.0. The van der Waals surface area contributed by atoms with Crippen molar-refractivity contribution in [3.8, 4) is 11.5 Å². The number of nitrogens with zero attached hydrogens (tertiary/aromatic N) is 2. The van der Waals surface area contributed by atoms with Gasteiger partial charge in [0, 0.05) is 23.5 Å². The first-order valence-corrected chi connectivity index (χ1v) is 8.86. The summed E-state index contributed by atoms with van der Waals surface area (Å²) in [6.07, 6.45) is 2.79. The molecule has 0 radical (unpaired) electrons. The molecule has 27 heavy (non-hydrogen) atoms. The number of halogens is 1. The van der Waals surface area contributed by atoms with Gasteiger partial charge >= 0.3 is 5.97 Å². The van der Waals surface area contributed by atoms with Gasteiger partial charge in [-0.15, -0.1) is 10.2 Å². The van der Waals surface area contributed by atoms with Crippen LogP contribution in [0.3, 0.4) is 0 Å². The molecular formula is C20H16ClN3O3. The van der Waals surface area contributed by atoms with Crippen molar-refractivity contribution < 1.29 is 13.9 Å². The Hall–Kier alpha value is -3.12. The average molecular weight is 382 g/mol. The summed E-state index contributed by atoms with van der Waals surface area (Å²) in [5.74, 6) is 0.202. The van der Waals surface area contributed by atoms with Crippen molar-refractivity contribution in [1.29, 1.82) is 0 Å². The largest absolute Gasteiger partial charge is 0.456 e. The van der Waals surface area contributed by atoms with Gasteiger partial charge in [0.15, 0.2) is 6.61 Å². The fourth-order valence-corrected chi connectivity index (χ4v) is 3.06. The second-order valence-electron chi connectivity index (χ2n) is 6.00. The Morgan fingerprint density at radius 1 is 1.11 bits per heavy atom. The number of rotatable bonds is 6. The van der Waals surface area contributed by atoms with Gasteiger partial charge in [0.1, 0.15) is 0 Å². The zero-order valence-corrected chi connectivity index (χ0v) is 15.1. The number of nitrogens with one attached hydrogen (secondary N) is 1. The first kappa shape index (κ1) is 17.3. The van der Waals surface area contributed by atoms with Crippen LogP contribution in [0.1, 0.15) is 17.9 Å².